The maximum atomic E-state index is 14.6. The van der Waals surface area contributed by atoms with E-state index in [1.807, 2.05) is 82.7 Å². The SMILES string of the molecule is CC(c1ccc(Cl)cc1Cl)n1cnc2ccc(N3CCN(C(=O)C4(C)CCCCN4)CC3)cc21.CC(c1ccc(Cl)cc1Cl)n1cnc2ccc(N3CCN(C(=O)[C@H]4CCCCN4)[C@H](C)C3)cc21.CC(c1ccc(Cl)cc1F)n1cnc2ccc(N3CCN(C(=O)[C@H]4CCCN4)[C@H](C)C3)cc21.CCC1(C(=O)N2CCN(c3ccc4ncn(C(C)c5ccc(Cl)cc5Cl)c4c3)CC2)CCCCN1. The zero-order valence-electron chi connectivity index (χ0n) is 78.8. The molecule has 10 atom stereocenters. The van der Waals surface area contributed by atoms with Gasteiger partial charge in [-0.1, -0.05) is 119 Å². The number of benzene rings is 8. The second kappa shape index (κ2) is 43.1. The second-order valence-corrected chi connectivity index (χ2v) is 41.0. The van der Waals surface area contributed by atoms with Crippen LogP contribution in [-0.4, -0.2) is 234 Å². The summed E-state index contributed by atoms with van der Waals surface area (Å²) >= 11 is 43.7. The van der Waals surface area contributed by atoms with Gasteiger partial charge >= 0.3 is 0 Å². The number of amides is 4. The van der Waals surface area contributed by atoms with Gasteiger partial charge in [-0.3, -0.25) is 19.2 Å². The number of rotatable bonds is 17. The molecule has 6 unspecified atom stereocenters. The number of carbonyl (C=O) groups excluding carboxylic acids is 4. The maximum absolute atomic E-state index is 14.6. The van der Waals surface area contributed by atoms with Gasteiger partial charge in [-0.2, -0.15) is 0 Å². The van der Waals surface area contributed by atoms with E-state index in [-0.39, 0.29) is 83.3 Å². The van der Waals surface area contributed by atoms with Crippen molar-refractivity contribution >= 4 is 172 Å². The van der Waals surface area contributed by atoms with Crippen molar-refractivity contribution in [2.45, 2.75) is 192 Å². The molecule has 32 heteroatoms. The van der Waals surface area contributed by atoms with Gasteiger partial charge in [0.05, 0.1) is 117 Å². The number of piperidine rings is 3. The van der Waals surface area contributed by atoms with Crippen molar-refractivity contribution in [1.82, 2.24) is 79.1 Å². The average Bonchev–Trinajstić information content (AvgIpc) is 1.59. The summed E-state index contributed by atoms with van der Waals surface area (Å²) in [5.41, 5.74) is 15.2. The topological polar surface area (TPSA) is 214 Å². The number of aromatic nitrogens is 8. The van der Waals surface area contributed by atoms with Crippen molar-refractivity contribution in [1.29, 1.82) is 0 Å². The number of hydrogen-bond acceptors (Lipinski definition) is 16. The highest BCUT2D eigenvalue weighted by Gasteiger charge is 2.43. The molecule has 20 rings (SSSR count). The summed E-state index contributed by atoms with van der Waals surface area (Å²) in [5, 5.41) is 18.0. The van der Waals surface area contributed by atoms with E-state index in [2.05, 4.69) is 200 Å². The van der Waals surface area contributed by atoms with E-state index < -0.39 is 5.54 Å². The van der Waals surface area contributed by atoms with Crippen molar-refractivity contribution in [3.05, 3.63) is 234 Å². The molecule has 12 heterocycles. The molecular formula is C104H124Cl7FN20O4. The number of nitrogens with one attached hydrogen (secondary N) is 4. The number of imidazole rings is 4. The van der Waals surface area contributed by atoms with Crippen molar-refractivity contribution in [2.24, 2.45) is 0 Å². The molecule has 0 spiro atoms. The van der Waals surface area contributed by atoms with Crippen LogP contribution in [0.1, 0.15) is 179 Å². The third kappa shape index (κ3) is 21.3. The van der Waals surface area contributed by atoms with E-state index in [1.165, 1.54) is 6.07 Å². The van der Waals surface area contributed by atoms with Gasteiger partial charge in [0.2, 0.25) is 23.6 Å². The Kier molecular flexibility index (Phi) is 31.1. The predicted octanol–water partition coefficient (Wildman–Crippen LogP) is 20.0. The Morgan fingerprint density at radius 3 is 1.08 bits per heavy atom. The Labute approximate surface area is 831 Å². The highest BCUT2D eigenvalue weighted by molar-refractivity contribution is 6.36. The van der Waals surface area contributed by atoms with E-state index in [4.69, 9.17) is 81.2 Å². The summed E-state index contributed by atoms with van der Waals surface area (Å²) < 4.78 is 23.0. The molecule has 24 nitrogen and oxygen atoms in total. The van der Waals surface area contributed by atoms with Crippen LogP contribution < -0.4 is 40.9 Å². The summed E-state index contributed by atoms with van der Waals surface area (Å²) in [6.07, 6.45) is 19.9. The lowest BCUT2D eigenvalue weighted by Gasteiger charge is -2.43. The minimum absolute atomic E-state index is 0.0152. The van der Waals surface area contributed by atoms with Crippen LogP contribution in [0.25, 0.3) is 44.1 Å². The normalized spacial score (nSPS) is 22.1. The quantitative estimate of drug-likeness (QED) is 0.0667. The lowest BCUT2D eigenvalue weighted by molar-refractivity contribution is -0.140. The highest BCUT2D eigenvalue weighted by atomic mass is 35.5. The van der Waals surface area contributed by atoms with Crippen LogP contribution in [0.2, 0.25) is 35.2 Å². The van der Waals surface area contributed by atoms with Crippen LogP contribution in [0.5, 0.6) is 0 Å². The van der Waals surface area contributed by atoms with E-state index in [0.717, 1.165) is 272 Å². The number of hydrogen-bond donors (Lipinski definition) is 4. The van der Waals surface area contributed by atoms with Gasteiger partial charge in [-0.25, -0.2) is 24.3 Å². The molecule has 8 fully saturated rings. The molecule has 4 amide bonds. The van der Waals surface area contributed by atoms with E-state index in [1.54, 1.807) is 36.7 Å². The predicted molar refractivity (Wildman–Crippen MR) is 551 cm³/mol. The Morgan fingerprint density at radius 2 is 0.735 bits per heavy atom. The van der Waals surface area contributed by atoms with Crippen LogP contribution in [0.3, 0.4) is 0 Å². The molecule has 12 aromatic rings. The summed E-state index contributed by atoms with van der Waals surface area (Å²) in [7, 11) is 0. The molecular weight excluding hydrogens is 1860 g/mol. The first-order valence-electron chi connectivity index (χ1n) is 48.4. The second-order valence-electron chi connectivity index (χ2n) is 38.1. The molecule has 0 aliphatic carbocycles. The number of anilines is 4. The molecule has 4 aromatic heterocycles. The molecule has 720 valence electrons. The fraction of sp³-hybridized carbons (Fsp3) is 0.462. The molecule has 0 radical (unpaired) electrons. The Balaban J connectivity index is 0.000000126. The van der Waals surface area contributed by atoms with Gasteiger partial charge in [0.1, 0.15) is 5.82 Å². The zero-order valence-corrected chi connectivity index (χ0v) is 84.1. The summed E-state index contributed by atoms with van der Waals surface area (Å²) in [6, 6.07) is 47.2. The highest BCUT2D eigenvalue weighted by Crippen LogP contribution is 2.40. The molecule has 0 bridgehead atoms. The van der Waals surface area contributed by atoms with Crippen molar-refractivity contribution < 1.29 is 23.6 Å². The van der Waals surface area contributed by atoms with Gasteiger partial charge in [-0.15, -0.1) is 0 Å². The lowest BCUT2D eigenvalue weighted by Crippen LogP contribution is -2.62. The molecule has 8 aliphatic heterocycles. The fourth-order valence-electron chi connectivity index (χ4n) is 21.3. The molecule has 8 aliphatic rings. The largest absolute Gasteiger partial charge is 0.368 e. The van der Waals surface area contributed by atoms with Gasteiger partial charge in [0.15, 0.2) is 0 Å². The van der Waals surface area contributed by atoms with Gasteiger partial charge in [0.25, 0.3) is 0 Å². The first-order chi connectivity index (χ1) is 65.6. The minimum atomic E-state index is -0.412. The number of fused-ring (bicyclic) bond motifs is 4. The standard InChI is InChI=1S/C27H33Cl2N5O.2C26H31Cl2N5O.C25H29ClFN5O/c1-3-27(10-4-5-11-31-27)26(35)33-14-12-32(13-15-33)21-7-9-24-25(17-21)34(18-30-24)19(2)22-8-6-20(28)16-23(22)29;1-18(21-7-5-19(27)15-22(21)28)33-17-29-23-8-6-20(16-24(23)33)31-11-13-32(14-12-31)25(34)26(2)9-3-4-10-30-26;1-17-15-31(11-12-32(17)26(34)24-5-3-4-10-29-24)20-7-9-23-25(14-20)33(16-30-23)18(2)21-8-6-19(27)13-22(21)28;1-16-14-30(10-11-31(16)25(33)23-4-3-9-28-23)19-6-8-22-24(13-19)32(15-29-22)17(2)20-7-5-18(26)12-21(20)27/h6-9,16-19,31H,3-5,10-15H2,1-2H3;5-8,15-18,30H,3-4,9-14H2,1-2H3;6-9,13-14,16-18,24,29H,3-5,10-12,15H2,1-2H3;5-8,12-13,15-17,23,28H,3-4,9-11,14H2,1-2H3/t;;17-,18?,24-;16-,17?,23-/m..11/s1. The summed E-state index contributed by atoms with van der Waals surface area (Å²) in [5.74, 6) is 0.691. The summed E-state index contributed by atoms with van der Waals surface area (Å²) in [6.45, 7) is 31.4. The van der Waals surface area contributed by atoms with Crippen LogP contribution in [0, 0.1) is 5.82 Å². The average molecular weight is 1990 g/mol. The van der Waals surface area contributed by atoms with E-state index in [0.29, 0.717) is 47.3 Å². The summed E-state index contributed by atoms with van der Waals surface area (Å²) in [4.78, 5) is 88.5. The lowest BCUT2D eigenvalue weighted by atomic mass is 9.85. The van der Waals surface area contributed by atoms with Crippen LogP contribution >= 0.6 is 81.2 Å². The Bertz CT molecular complexity index is 6260. The molecule has 4 N–H and O–H groups in total. The van der Waals surface area contributed by atoms with Crippen molar-refractivity contribution in [3.8, 4) is 0 Å². The van der Waals surface area contributed by atoms with Gasteiger partial charge in [-0.05, 0) is 283 Å². The van der Waals surface area contributed by atoms with Crippen LogP contribution in [-0.2, 0) is 19.2 Å². The van der Waals surface area contributed by atoms with Crippen LogP contribution in [0.15, 0.2) is 171 Å². The number of halogens is 8. The Hall–Kier alpha value is -9.48. The van der Waals surface area contributed by atoms with Crippen molar-refractivity contribution in [3.63, 3.8) is 0 Å². The fourth-order valence-corrected chi connectivity index (χ4v) is 23.1. The maximum Gasteiger partial charge on any atom is 0.242 e. The molecule has 0 saturated carbocycles. The molecule has 8 saturated heterocycles. The number of nitrogens with zero attached hydrogens (tertiary/aromatic N) is 16. The monoisotopic (exact) mass is 1980 g/mol. The van der Waals surface area contributed by atoms with Gasteiger partial charge in [0, 0.05) is 167 Å². The third-order valence-electron chi connectivity index (χ3n) is 29.5. The Morgan fingerprint density at radius 1 is 0.390 bits per heavy atom. The smallest absolute Gasteiger partial charge is 0.242 e. The van der Waals surface area contributed by atoms with Crippen LogP contribution in [0.4, 0.5) is 27.1 Å². The number of carbonyl (C=O) groups is 4. The van der Waals surface area contributed by atoms with E-state index in [9.17, 15) is 23.6 Å². The molecule has 136 heavy (non-hydrogen) atoms. The minimum Gasteiger partial charge on any atom is -0.368 e. The third-order valence-corrected chi connectivity index (χ3v) is 31.5. The zero-order chi connectivity index (χ0) is 95.4. The number of piperazine rings is 4. The van der Waals surface area contributed by atoms with E-state index >= 15 is 0 Å². The first-order valence-corrected chi connectivity index (χ1v) is 51.1. The first kappa shape index (κ1) is 98.1. The molecule has 8 aromatic carbocycles. The van der Waals surface area contributed by atoms with Crippen molar-refractivity contribution in [2.75, 3.05) is 137 Å². The van der Waals surface area contributed by atoms with Gasteiger partial charge < -0.3 is 78.7 Å².